The average molecular weight is 278 g/mol. The molecule has 0 N–H and O–H groups in total. The van der Waals surface area contributed by atoms with Crippen molar-refractivity contribution in [1.82, 2.24) is 0 Å². The quantitative estimate of drug-likeness (QED) is 0.235. The zero-order chi connectivity index (χ0) is 14.7. The van der Waals surface area contributed by atoms with Gasteiger partial charge in [0.1, 0.15) is 0 Å². The first-order valence-corrected chi connectivity index (χ1v) is 7.64. The second-order valence-corrected chi connectivity index (χ2v) is 5.92. The summed E-state index contributed by atoms with van der Waals surface area (Å²) in [6.07, 6.45) is 3.21. The van der Waals surface area contributed by atoms with E-state index in [1.54, 1.807) is 0 Å². The Bertz CT molecular complexity index is 1180. The minimum atomic E-state index is 0.911. The van der Waals surface area contributed by atoms with Gasteiger partial charge in [-0.15, -0.1) is 5.73 Å². The molecule has 1 aliphatic rings. The van der Waals surface area contributed by atoms with E-state index < -0.39 is 0 Å². The third-order valence-corrected chi connectivity index (χ3v) is 4.85. The van der Waals surface area contributed by atoms with E-state index in [9.17, 15) is 0 Å². The molecule has 0 unspecified atom stereocenters. The lowest BCUT2D eigenvalue weighted by atomic mass is 9.84. The summed E-state index contributed by atoms with van der Waals surface area (Å²) in [7, 11) is 0. The normalized spacial score (nSPS) is 13.5. The van der Waals surface area contributed by atoms with Gasteiger partial charge in [0.25, 0.3) is 0 Å². The first-order chi connectivity index (χ1) is 10.9. The minimum absolute atomic E-state index is 0.911. The first-order valence-electron chi connectivity index (χ1n) is 7.64. The number of benzene rings is 4. The van der Waals surface area contributed by atoms with Crippen molar-refractivity contribution in [3.05, 3.63) is 77.7 Å². The van der Waals surface area contributed by atoms with Gasteiger partial charge in [-0.2, -0.15) is 0 Å². The van der Waals surface area contributed by atoms with E-state index in [1.807, 2.05) is 0 Å². The predicted molar refractivity (Wildman–Crippen MR) is 95.8 cm³/mol. The second kappa shape index (κ2) is 4.10. The molecule has 0 heterocycles. The topological polar surface area (TPSA) is 0 Å². The molecular weight excluding hydrogens is 264 g/mol. The van der Waals surface area contributed by atoms with Crippen LogP contribution in [0.5, 0.6) is 0 Å². The molecule has 0 nitrogen and oxygen atoms in total. The molecule has 4 aromatic rings. The second-order valence-electron chi connectivity index (χ2n) is 5.92. The number of hydrogen-bond acceptors (Lipinski definition) is 0. The third-order valence-electron chi connectivity index (χ3n) is 4.85. The SMILES string of the molecule is C=C=C1CC=c2cccc3c2c1c1cccc2cccc3c21. The Kier molecular flexibility index (Phi) is 2.20. The molecule has 0 aromatic heterocycles. The van der Waals surface area contributed by atoms with Crippen molar-refractivity contribution in [1.29, 1.82) is 0 Å². The van der Waals surface area contributed by atoms with Crippen LogP contribution in [0.15, 0.2) is 66.9 Å². The Labute approximate surface area is 128 Å². The van der Waals surface area contributed by atoms with Crippen molar-refractivity contribution in [3.8, 4) is 0 Å². The van der Waals surface area contributed by atoms with Crippen LogP contribution in [-0.2, 0) is 0 Å². The molecular formula is C22H14. The summed E-state index contributed by atoms with van der Waals surface area (Å²) < 4.78 is 0. The van der Waals surface area contributed by atoms with Crippen molar-refractivity contribution in [2.75, 3.05) is 0 Å². The van der Waals surface area contributed by atoms with Gasteiger partial charge >= 0.3 is 0 Å². The molecule has 0 atom stereocenters. The van der Waals surface area contributed by atoms with Crippen LogP contribution in [0.4, 0.5) is 0 Å². The van der Waals surface area contributed by atoms with Crippen LogP contribution in [0.25, 0.3) is 44.0 Å². The third kappa shape index (κ3) is 1.33. The molecule has 0 fully saturated rings. The average Bonchev–Trinajstić information content (AvgIpc) is 2.59. The Morgan fingerprint density at radius 2 is 1.45 bits per heavy atom. The highest BCUT2D eigenvalue weighted by Crippen LogP contribution is 2.40. The van der Waals surface area contributed by atoms with Gasteiger partial charge in [0.2, 0.25) is 0 Å². The molecule has 0 aliphatic heterocycles. The monoisotopic (exact) mass is 278 g/mol. The fourth-order valence-electron chi connectivity index (χ4n) is 3.94. The molecule has 0 saturated heterocycles. The van der Waals surface area contributed by atoms with Crippen molar-refractivity contribution < 1.29 is 0 Å². The van der Waals surface area contributed by atoms with Crippen LogP contribution in [0.3, 0.4) is 0 Å². The summed E-state index contributed by atoms with van der Waals surface area (Å²) in [5.74, 6) is 0. The van der Waals surface area contributed by atoms with Gasteiger partial charge in [-0.05, 0) is 44.0 Å². The number of rotatable bonds is 0. The minimum Gasteiger partial charge on any atom is -0.124 e. The van der Waals surface area contributed by atoms with E-state index in [4.69, 9.17) is 0 Å². The zero-order valence-electron chi connectivity index (χ0n) is 12.2. The smallest absolute Gasteiger partial charge is 0.00565 e. The Hall–Kier alpha value is -2.82. The molecule has 22 heavy (non-hydrogen) atoms. The van der Waals surface area contributed by atoms with Crippen molar-refractivity contribution in [2.45, 2.75) is 6.42 Å². The molecule has 1 aliphatic carbocycles. The Morgan fingerprint density at radius 1 is 0.773 bits per heavy atom. The molecule has 0 spiro atoms. The van der Waals surface area contributed by atoms with Crippen LogP contribution in [0, 0.1) is 0 Å². The molecule has 0 bridgehead atoms. The number of fused-ring (bicyclic) bond motifs is 2. The first kappa shape index (κ1) is 11.8. The van der Waals surface area contributed by atoms with Crippen LogP contribution >= 0.6 is 0 Å². The highest BCUT2D eigenvalue weighted by atomic mass is 14.2. The number of allylic oxidation sites excluding steroid dienone is 1. The Balaban J connectivity index is 2.28. The van der Waals surface area contributed by atoms with E-state index in [1.165, 1.54) is 48.7 Å². The maximum atomic E-state index is 3.93. The lowest BCUT2D eigenvalue weighted by molar-refractivity contribution is 1.45. The highest BCUT2D eigenvalue weighted by Gasteiger charge is 2.18. The van der Waals surface area contributed by atoms with Gasteiger partial charge in [-0.1, -0.05) is 67.3 Å². The van der Waals surface area contributed by atoms with Gasteiger partial charge in [0.15, 0.2) is 0 Å². The van der Waals surface area contributed by atoms with Crippen LogP contribution in [0.2, 0.25) is 0 Å². The van der Waals surface area contributed by atoms with E-state index in [0.29, 0.717) is 0 Å². The molecule has 0 amide bonds. The maximum Gasteiger partial charge on any atom is 0.00565 e. The molecule has 102 valence electrons. The summed E-state index contributed by atoms with van der Waals surface area (Å²) in [6.45, 7) is 3.93. The summed E-state index contributed by atoms with van der Waals surface area (Å²) in [6, 6.07) is 19.8. The van der Waals surface area contributed by atoms with Gasteiger partial charge in [0.05, 0.1) is 0 Å². The van der Waals surface area contributed by atoms with Crippen molar-refractivity contribution in [2.24, 2.45) is 0 Å². The largest absolute Gasteiger partial charge is 0.124 e. The lowest BCUT2D eigenvalue weighted by Gasteiger charge is -2.19. The van der Waals surface area contributed by atoms with Crippen LogP contribution < -0.4 is 5.22 Å². The molecule has 4 aromatic carbocycles. The van der Waals surface area contributed by atoms with Gasteiger partial charge < -0.3 is 0 Å². The van der Waals surface area contributed by atoms with E-state index in [0.717, 1.165) is 6.42 Å². The van der Waals surface area contributed by atoms with Gasteiger partial charge in [0, 0.05) is 11.1 Å². The molecule has 5 rings (SSSR count). The highest BCUT2D eigenvalue weighted by molar-refractivity contribution is 6.26. The summed E-state index contributed by atoms with van der Waals surface area (Å²) in [5, 5.41) is 9.35. The van der Waals surface area contributed by atoms with Crippen LogP contribution in [-0.4, -0.2) is 0 Å². The summed E-state index contributed by atoms with van der Waals surface area (Å²) >= 11 is 0. The standard InChI is InChI=1S/C22H14/c1-2-14-12-13-16-8-4-10-18-17-9-3-6-15-7-5-11-19(20(15)17)21(14)22(16)18/h3-11,13H,1,12H2. The van der Waals surface area contributed by atoms with Crippen LogP contribution in [0.1, 0.15) is 12.0 Å². The van der Waals surface area contributed by atoms with Crippen molar-refractivity contribution in [3.63, 3.8) is 0 Å². The predicted octanol–water partition coefficient (Wildman–Crippen LogP) is 5.22. The summed E-state index contributed by atoms with van der Waals surface area (Å²) in [4.78, 5) is 0. The Morgan fingerprint density at radius 3 is 2.23 bits per heavy atom. The van der Waals surface area contributed by atoms with Crippen molar-refractivity contribution >= 4 is 44.0 Å². The van der Waals surface area contributed by atoms with E-state index >= 15 is 0 Å². The van der Waals surface area contributed by atoms with Gasteiger partial charge in [-0.25, -0.2) is 0 Å². The fraction of sp³-hybridized carbons (Fsp3) is 0.0455. The summed E-state index contributed by atoms with van der Waals surface area (Å²) in [5.41, 5.74) is 5.72. The molecule has 0 radical (unpaired) electrons. The fourth-order valence-corrected chi connectivity index (χ4v) is 3.94. The zero-order valence-corrected chi connectivity index (χ0v) is 12.2. The molecule has 0 heteroatoms. The number of hydrogen-bond donors (Lipinski definition) is 0. The van der Waals surface area contributed by atoms with E-state index in [2.05, 4.69) is 73.0 Å². The molecule has 0 saturated carbocycles. The lowest BCUT2D eigenvalue weighted by Crippen LogP contribution is -2.09. The van der Waals surface area contributed by atoms with Gasteiger partial charge in [-0.3, -0.25) is 0 Å². The van der Waals surface area contributed by atoms with E-state index in [-0.39, 0.29) is 0 Å². The maximum absolute atomic E-state index is 3.93.